The largest absolute Gasteiger partial charge is 0.192 e. The molecule has 1 aromatic carbocycles. The number of hydrogen-bond donors (Lipinski definition) is 0. The minimum atomic E-state index is 0.408. The Labute approximate surface area is 119 Å². The van der Waals surface area contributed by atoms with E-state index in [4.69, 9.17) is 0 Å². The Bertz CT molecular complexity index is 593. The van der Waals surface area contributed by atoms with E-state index in [2.05, 4.69) is 42.7 Å². The fourth-order valence-electron chi connectivity index (χ4n) is 3.17. The highest BCUT2D eigenvalue weighted by molar-refractivity contribution is 7.98. The van der Waals surface area contributed by atoms with Crippen LogP contribution in [-0.2, 0) is 12.8 Å². The molecule has 0 unspecified atom stereocenters. The van der Waals surface area contributed by atoms with Gasteiger partial charge in [0.1, 0.15) is 6.07 Å². The maximum atomic E-state index is 9.47. The third kappa shape index (κ3) is 2.13. The van der Waals surface area contributed by atoms with Gasteiger partial charge in [-0.1, -0.05) is 24.3 Å². The molecule has 0 heterocycles. The smallest absolute Gasteiger partial charge is 0.101 e. The van der Waals surface area contributed by atoms with Crippen molar-refractivity contribution >= 4 is 11.8 Å². The SMILES string of the molecule is CSc1cc(C2C=CC=C2)c2c(c1C#N)CCCC2. The van der Waals surface area contributed by atoms with Crippen LogP contribution in [0.2, 0.25) is 0 Å². The molecule has 2 heteroatoms. The molecule has 0 saturated carbocycles. The van der Waals surface area contributed by atoms with Gasteiger partial charge in [-0.2, -0.15) is 5.26 Å². The summed E-state index contributed by atoms with van der Waals surface area (Å²) in [5.74, 6) is 0.408. The standard InChI is InChI=1S/C17H17NS/c1-19-17-10-15(12-6-2-3-7-12)13-8-4-5-9-14(13)16(17)11-18/h2-3,6-7,10,12H,4-5,8-9H2,1H3. The molecule has 0 aromatic heterocycles. The Morgan fingerprint density at radius 3 is 2.47 bits per heavy atom. The van der Waals surface area contributed by atoms with E-state index in [9.17, 15) is 5.26 Å². The lowest BCUT2D eigenvalue weighted by Crippen LogP contribution is -2.11. The Hall–Kier alpha value is -1.46. The van der Waals surface area contributed by atoms with Crippen LogP contribution >= 0.6 is 11.8 Å². The van der Waals surface area contributed by atoms with Crippen LogP contribution in [0, 0.1) is 11.3 Å². The number of nitrogens with zero attached hydrogens (tertiary/aromatic N) is 1. The number of rotatable bonds is 2. The zero-order valence-corrected chi connectivity index (χ0v) is 12.0. The van der Waals surface area contributed by atoms with Crippen LogP contribution < -0.4 is 0 Å². The van der Waals surface area contributed by atoms with Crippen molar-refractivity contribution < 1.29 is 0 Å². The minimum absolute atomic E-state index is 0.408. The maximum Gasteiger partial charge on any atom is 0.101 e. The fourth-order valence-corrected chi connectivity index (χ4v) is 3.79. The lowest BCUT2D eigenvalue weighted by atomic mass is 9.82. The Balaban J connectivity index is 2.22. The van der Waals surface area contributed by atoms with Gasteiger partial charge in [-0.25, -0.2) is 0 Å². The first-order chi connectivity index (χ1) is 9.35. The van der Waals surface area contributed by atoms with Gasteiger partial charge in [0.15, 0.2) is 0 Å². The summed E-state index contributed by atoms with van der Waals surface area (Å²) in [6.45, 7) is 0. The minimum Gasteiger partial charge on any atom is -0.192 e. The van der Waals surface area contributed by atoms with Crippen molar-refractivity contribution in [3.63, 3.8) is 0 Å². The highest BCUT2D eigenvalue weighted by Crippen LogP contribution is 2.38. The third-order valence-corrected chi connectivity index (χ3v) is 4.85. The quantitative estimate of drug-likeness (QED) is 0.743. The Kier molecular flexibility index (Phi) is 3.48. The van der Waals surface area contributed by atoms with Gasteiger partial charge in [0.2, 0.25) is 0 Å². The van der Waals surface area contributed by atoms with Crippen LogP contribution in [0.1, 0.15) is 41.0 Å². The predicted octanol–water partition coefficient (Wildman–Crippen LogP) is 4.37. The summed E-state index contributed by atoms with van der Waals surface area (Å²) < 4.78 is 0. The van der Waals surface area contributed by atoms with E-state index < -0.39 is 0 Å². The zero-order valence-electron chi connectivity index (χ0n) is 11.1. The number of hydrogen-bond acceptors (Lipinski definition) is 2. The van der Waals surface area contributed by atoms with Crippen molar-refractivity contribution in [1.82, 2.24) is 0 Å². The molecule has 0 amide bonds. The van der Waals surface area contributed by atoms with Gasteiger partial charge in [-0.3, -0.25) is 0 Å². The molecule has 96 valence electrons. The molecule has 0 fully saturated rings. The normalized spacial score (nSPS) is 17.5. The lowest BCUT2D eigenvalue weighted by molar-refractivity contribution is 0.674. The maximum absolute atomic E-state index is 9.47. The van der Waals surface area contributed by atoms with E-state index in [0.29, 0.717) is 5.92 Å². The van der Waals surface area contributed by atoms with Crippen molar-refractivity contribution in [2.24, 2.45) is 0 Å². The second-order valence-corrected chi connectivity index (χ2v) is 5.96. The summed E-state index contributed by atoms with van der Waals surface area (Å²) in [7, 11) is 0. The first-order valence-electron chi connectivity index (χ1n) is 6.83. The zero-order chi connectivity index (χ0) is 13.2. The van der Waals surface area contributed by atoms with Gasteiger partial charge in [-0.15, -0.1) is 11.8 Å². The highest BCUT2D eigenvalue weighted by Gasteiger charge is 2.23. The van der Waals surface area contributed by atoms with Crippen LogP contribution in [0.4, 0.5) is 0 Å². The van der Waals surface area contributed by atoms with E-state index >= 15 is 0 Å². The van der Waals surface area contributed by atoms with Gasteiger partial charge in [0.25, 0.3) is 0 Å². The van der Waals surface area contributed by atoms with Gasteiger partial charge in [-0.05, 0) is 54.7 Å². The van der Waals surface area contributed by atoms with Crippen LogP contribution in [0.25, 0.3) is 0 Å². The molecule has 0 atom stereocenters. The monoisotopic (exact) mass is 267 g/mol. The van der Waals surface area contributed by atoms with Crippen LogP contribution in [0.5, 0.6) is 0 Å². The van der Waals surface area contributed by atoms with Crippen molar-refractivity contribution in [2.75, 3.05) is 6.26 Å². The van der Waals surface area contributed by atoms with E-state index in [0.717, 1.165) is 23.3 Å². The summed E-state index contributed by atoms with van der Waals surface area (Å²) in [5, 5.41) is 9.47. The van der Waals surface area contributed by atoms with Crippen LogP contribution in [0.3, 0.4) is 0 Å². The number of thioether (sulfide) groups is 1. The molecule has 2 aliphatic rings. The second-order valence-electron chi connectivity index (χ2n) is 5.11. The molecule has 3 rings (SSSR count). The number of benzene rings is 1. The summed E-state index contributed by atoms with van der Waals surface area (Å²) in [4.78, 5) is 1.15. The fraction of sp³-hybridized carbons (Fsp3) is 0.353. The number of allylic oxidation sites excluding steroid dienone is 4. The third-order valence-electron chi connectivity index (χ3n) is 4.09. The first-order valence-corrected chi connectivity index (χ1v) is 8.05. The van der Waals surface area contributed by atoms with Gasteiger partial charge >= 0.3 is 0 Å². The lowest BCUT2D eigenvalue weighted by Gasteiger charge is -2.24. The molecule has 0 saturated heterocycles. The van der Waals surface area contributed by atoms with Gasteiger partial charge in [0, 0.05) is 10.8 Å². The molecule has 19 heavy (non-hydrogen) atoms. The molecule has 0 bridgehead atoms. The molecule has 1 nitrogen and oxygen atoms in total. The van der Waals surface area contributed by atoms with Crippen molar-refractivity contribution in [1.29, 1.82) is 5.26 Å². The molecule has 0 radical (unpaired) electrons. The van der Waals surface area contributed by atoms with Crippen molar-refractivity contribution in [3.8, 4) is 6.07 Å². The summed E-state index contributed by atoms with van der Waals surface area (Å²) in [6.07, 6.45) is 15.5. The number of nitriles is 1. The molecule has 0 aliphatic heterocycles. The second kappa shape index (κ2) is 5.27. The van der Waals surface area contributed by atoms with Gasteiger partial charge in [0.05, 0.1) is 5.56 Å². The molecule has 2 aliphatic carbocycles. The topological polar surface area (TPSA) is 23.8 Å². The molecule has 1 aromatic rings. The van der Waals surface area contributed by atoms with E-state index in [-0.39, 0.29) is 0 Å². The van der Waals surface area contributed by atoms with E-state index in [1.54, 1.807) is 11.8 Å². The van der Waals surface area contributed by atoms with Crippen molar-refractivity contribution in [3.05, 3.63) is 52.6 Å². The predicted molar refractivity (Wildman–Crippen MR) is 80.6 cm³/mol. The molecular formula is C17H17NS. The van der Waals surface area contributed by atoms with E-state index in [1.807, 2.05) is 0 Å². The number of fused-ring (bicyclic) bond motifs is 1. The summed E-state index contributed by atoms with van der Waals surface area (Å²) in [5.41, 5.74) is 5.12. The molecular weight excluding hydrogens is 250 g/mol. The van der Waals surface area contributed by atoms with Crippen LogP contribution in [-0.4, -0.2) is 6.26 Å². The molecule has 0 N–H and O–H groups in total. The van der Waals surface area contributed by atoms with Crippen molar-refractivity contribution in [2.45, 2.75) is 36.5 Å². The summed E-state index contributed by atoms with van der Waals surface area (Å²) in [6, 6.07) is 4.68. The van der Waals surface area contributed by atoms with Gasteiger partial charge < -0.3 is 0 Å². The Morgan fingerprint density at radius 1 is 1.16 bits per heavy atom. The molecule has 0 spiro atoms. The average Bonchev–Trinajstić information content (AvgIpc) is 2.99. The average molecular weight is 267 g/mol. The van der Waals surface area contributed by atoms with Crippen LogP contribution in [0.15, 0.2) is 35.3 Å². The highest BCUT2D eigenvalue weighted by atomic mass is 32.2. The summed E-state index contributed by atoms with van der Waals surface area (Å²) >= 11 is 1.70. The Morgan fingerprint density at radius 2 is 1.84 bits per heavy atom. The first kappa shape index (κ1) is 12.6. The van der Waals surface area contributed by atoms with E-state index in [1.165, 1.54) is 29.5 Å².